The molecule has 0 saturated carbocycles. The Morgan fingerprint density at radius 1 is 1.35 bits per heavy atom. The molecule has 0 fully saturated rings. The van der Waals surface area contributed by atoms with Crippen molar-refractivity contribution in [2.45, 2.75) is 12.2 Å². The Morgan fingerprint density at radius 2 is 2.10 bits per heavy atom. The lowest BCUT2D eigenvalue weighted by Gasteiger charge is -2.19. The van der Waals surface area contributed by atoms with Gasteiger partial charge in [0.05, 0.1) is 22.6 Å². The van der Waals surface area contributed by atoms with Crippen molar-refractivity contribution in [3.8, 4) is 0 Å². The summed E-state index contributed by atoms with van der Waals surface area (Å²) in [5, 5.41) is 10.2. The van der Waals surface area contributed by atoms with E-state index in [1.54, 1.807) is 12.1 Å². The number of carbonyl (C=O) groups is 1. The lowest BCUT2D eigenvalue weighted by atomic mass is 10.00. The predicted octanol–water partition coefficient (Wildman–Crippen LogP) is 2.06. The lowest BCUT2D eigenvalue weighted by Crippen LogP contribution is -2.23. The Bertz CT molecular complexity index is 845. The topological polar surface area (TPSA) is 84.3 Å². The molecule has 7 heteroatoms. The molecule has 0 unspecified atom stereocenters. The van der Waals surface area contributed by atoms with Gasteiger partial charge in [0.1, 0.15) is 0 Å². The lowest BCUT2D eigenvalue weighted by molar-refractivity contribution is 0.0698. The number of sulfone groups is 1. The smallest absolute Gasteiger partial charge is 0.336 e. The van der Waals surface area contributed by atoms with Gasteiger partial charge >= 0.3 is 5.97 Å². The molecule has 0 saturated heterocycles. The van der Waals surface area contributed by atoms with E-state index < -0.39 is 15.8 Å². The van der Waals surface area contributed by atoms with Crippen LogP contribution in [0.3, 0.4) is 0 Å². The SMILES string of the molecule is O=C(O)c1c2c(nc3ccc(Cl)cc13)CCS(=O)(=O)C2. The Balaban J connectivity index is 2.42. The van der Waals surface area contributed by atoms with Gasteiger partial charge < -0.3 is 5.11 Å². The van der Waals surface area contributed by atoms with Crippen LogP contribution in [0.2, 0.25) is 5.02 Å². The number of aryl methyl sites for hydroxylation is 1. The maximum Gasteiger partial charge on any atom is 0.336 e. The zero-order valence-electron chi connectivity index (χ0n) is 10.3. The van der Waals surface area contributed by atoms with Gasteiger partial charge in [0.15, 0.2) is 9.84 Å². The van der Waals surface area contributed by atoms with E-state index in [4.69, 9.17) is 11.6 Å². The minimum atomic E-state index is -3.27. The third kappa shape index (κ3) is 2.14. The molecule has 0 atom stereocenters. The van der Waals surface area contributed by atoms with Gasteiger partial charge in [-0.05, 0) is 18.2 Å². The Hall–Kier alpha value is -1.66. The fourth-order valence-corrected chi connectivity index (χ4v) is 4.05. The van der Waals surface area contributed by atoms with Crippen LogP contribution in [-0.2, 0) is 22.0 Å². The van der Waals surface area contributed by atoms with Crippen LogP contribution in [-0.4, -0.2) is 30.2 Å². The highest BCUT2D eigenvalue weighted by Crippen LogP contribution is 2.30. The third-order valence-electron chi connectivity index (χ3n) is 3.36. The van der Waals surface area contributed by atoms with E-state index in [0.29, 0.717) is 27.2 Å². The molecule has 2 aromatic rings. The summed E-state index contributed by atoms with van der Waals surface area (Å²) in [6, 6.07) is 4.79. The number of rotatable bonds is 1. The van der Waals surface area contributed by atoms with Crippen LogP contribution in [0.1, 0.15) is 21.6 Å². The van der Waals surface area contributed by atoms with Gasteiger partial charge in [-0.25, -0.2) is 13.2 Å². The monoisotopic (exact) mass is 311 g/mol. The normalized spacial score (nSPS) is 16.9. The minimum absolute atomic E-state index is 0.00391. The first kappa shape index (κ1) is 13.3. The van der Waals surface area contributed by atoms with Crippen molar-refractivity contribution < 1.29 is 18.3 Å². The van der Waals surface area contributed by atoms with Crippen molar-refractivity contribution in [1.82, 2.24) is 4.98 Å². The molecule has 1 N–H and O–H groups in total. The summed E-state index contributed by atoms with van der Waals surface area (Å²) in [7, 11) is -3.27. The summed E-state index contributed by atoms with van der Waals surface area (Å²) in [4.78, 5) is 15.9. The van der Waals surface area contributed by atoms with Crippen molar-refractivity contribution in [2.75, 3.05) is 5.75 Å². The number of nitrogens with zero attached hydrogens (tertiary/aromatic N) is 1. The fraction of sp³-hybridized carbons (Fsp3) is 0.231. The highest BCUT2D eigenvalue weighted by Gasteiger charge is 2.28. The maximum atomic E-state index is 11.7. The minimum Gasteiger partial charge on any atom is -0.478 e. The Morgan fingerprint density at radius 3 is 2.80 bits per heavy atom. The van der Waals surface area contributed by atoms with Gasteiger partial charge in [-0.15, -0.1) is 0 Å². The second-order valence-corrected chi connectivity index (χ2v) is 7.34. The van der Waals surface area contributed by atoms with Crippen molar-refractivity contribution in [3.63, 3.8) is 0 Å². The Labute approximate surface area is 120 Å². The highest BCUT2D eigenvalue weighted by atomic mass is 35.5. The molecule has 1 aliphatic heterocycles. The average molecular weight is 312 g/mol. The van der Waals surface area contributed by atoms with Gasteiger partial charge in [0.2, 0.25) is 0 Å². The van der Waals surface area contributed by atoms with Gasteiger partial charge in [0, 0.05) is 28.1 Å². The fourth-order valence-electron chi connectivity index (χ4n) is 2.48. The molecular weight excluding hydrogens is 302 g/mol. The number of halogens is 1. The molecule has 20 heavy (non-hydrogen) atoms. The maximum absolute atomic E-state index is 11.7. The van der Waals surface area contributed by atoms with Crippen LogP contribution in [0, 0.1) is 0 Å². The van der Waals surface area contributed by atoms with Gasteiger partial charge in [-0.1, -0.05) is 11.6 Å². The number of hydrogen-bond donors (Lipinski definition) is 1. The van der Waals surface area contributed by atoms with Crippen LogP contribution >= 0.6 is 11.6 Å². The zero-order chi connectivity index (χ0) is 14.5. The number of carboxylic acid groups (broad SMARTS) is 1. The third-order valence-corrected chi connectivity index (χ3v) is 5.15. The van der Waals surface area contributed by atoms with Gasteiger partial charge in [-0.3, -0.25) is 4.98 Å². The van der Waals surface area contributed by atoms with Crippen molar-refractivity contribution >= 4 is 38.3 Å². The second-order valence-electron chi connectivity index (χ2n) is 4.72. The predicted molar refractivity (Wildman–Crippen MR) is 74.9 cm³/mol. The number of pyridine rings is 1. The summed E-state index contributed by atoms with van der Waals surface area (Å²) < 4.78 is 23.5. The Kier molecular flexibility index (Phi) is 2.95. The molecule has 0 aliphatic carbocycles. The average Bonchev–Trinajstić information content (AvgIpc) is 2.35. The molecule has 3 rings (SSSR count). The first-order valence-electron chi connectivity index (χ1n) is 5.92. The number of aromatic carboxylic acids is 1. The molecule has 0 radical (unpaired) electrons. The number of fused-ring (bicyclic) bond motifs is 2. The molecule has 0 spiro atoms. The van der Waals surface area contributed by atoms with Crippen molar-refractivity contribution in [3.05, 3.63) is 40.0 Å². The number of carboxylic acids is 1. The summed E-state index contributed by atoms with van der Waals surface area (Å²) in [5.74, 6) is -1.43. The zero-order valence-corrected chi connectivity index (χ0v) is 11.8. The molecule has 104 valence electrons. The van der Waals surface area contributed by atoms with E-state index in [-0.39, 0.29) is 23.5 Å². The molecule has 1 aromatic carbocycles. The van der Waals surface area contributed by atoms with E-state index in [9.17, 15) is 18.3 Å². The van der Waals surface area contributed by atoms with Gasteiger partial charge in [0.25, 0.3) is 0 Å². The summed E-state index contributed by atoms with van der Waals surface area (Å²) >= 11 is 5.90. The first-order valence-corrected chi connectivity index (χ1v) is 8.12. The number of aromatic nitrogens is 1. The van der Waals surface area contributed by atoms with Crippen LogP contribution in [0.25, 0.3) is 10.9 Å². The molecule has 0 bridgehead atoms. The highest BCUT2D eigenvalue weighted by molar-refractivity contribution is 7.90. The van der Waals surface area contributed by atoms with Crippen LogP contribution in [0.15, 0.2) is 18.2 Å². The van der Waals surface area contributed by atoms with E-state index >= 15 is 0 Å². The van der Waals surface area contributed by atoms with Crippen LogP contribution < -0.4 is 0 Å². The number of hydrogen-bond acceptors (Lipinski definition) is 4. The van der Waals surface area contributed by atoms with E-state index in [0.717, 1.165) is 0 Å². The molecule has 5 nitrogen and oxygen atoms in total. The molecule has 2 heterocycles. The quantitative estimate of drug-likeness (QED) is 0.871. The van der Waals surface area contributed by atoms with E-state index in [1.165, 1.54) is 6.07 Å². The van der Waals surface area contributed by atoms with Crippen LogP contribution in [0.5, 0.6) is 0 Å². The molecule has 0 amide bonds. The van der Waals surface area contributed by atoms with Crippen molar-refractivity contribution in [2.24, 2.45) is 0 Å². The second kappa shape index (κ2) is 4.43. The summed E-state index contributed by atoms with van der Waals surface area (Å²) in [6.07, 6.45) is 0.247. The largest absolute Gasteiger partial charge is 0.478 e. The van der Waals surface area contributed by atoms with Crippen LogP contribution in [0.4, 0.5) is 0 Å². The summed E-state index contributed by atoms with van der Waals surface area (Å²) in [5.41, 5.74) is 1.35. The molecule has 1 aromatic heterocycles. The van der Waals surface area contributed by atoms with Gasteiger partial charge in [-0.2, -0.15) is 0 Å². The van der Waals surface area contributed by atoms with E-state index in [2.05, 4.69) is 4.98 Å². The number of benzene rings is 1. The summed E-state index contributed by atoms with van der Waals surface area (Å²) in [6.45, 7) is 0. The molecular formula is C13H10ClNO4S. The first-order chi connectivity index (χ1) is 9.37. The van der Waals surface area contributed by atoms with Crippen molar-refractivity contribution in [1.29, 1.82) is 0 Å². The molecule has 1 aliphatic rings. The van der Waals surface area contributed by atoms with E-state index in [1.807, 2.05) is 0 Å². The standard InChI is InChI=1S/C13H10ClNO4S/c14-7-1-2-10-8(5-7)12(13(16)17)9-6-20(18,19)4-3-11(9)15-10/h1-2,5H,3-4,6H2,(H,16,17).